The molecule has 2 aromatic rings. The van der Waals surface area contributed by atoms with E-state index in [1.165, 1.54) is 22.3 Å². The Morgan fingerprint density at radius 2 is 1.50 bits per heavy atom. The Labute approximate surface area is 158 Å². The lowest BCUT2D eigenvalue weighted by molar-refractivity contribution is 0.207. The van der Waals surface area contributed by atoms with Gasteiger partial charge in [0, 0.05) is 30.5 Å². The van der Waals surface area contributed by atoms with Gasteiger partial charge in [-0.2, -0.15) is 0 Å². The highest BCUT2D eigenvalue weighted by atomic mass is 16.5. The summed E-state index contributed by atoms with van der Waals surface area (Å²) in [6.07, 6.45) is 2.15. The molecule has 0 amide bonds. The van der Waals surface area contributed by atoms with Gasteiger partial charge in [0.25, 0.3) is 0 Å². The molecule has 140 valence electrons. The maximum Gasteiger partial charge on any atom is 0.127 e. The molecule has 0 aromatic heterocycles. The van der Waals surface area contributed by atoms with Gasteiger partial charge in [0.1, 0.15) is 11.9 Å². The molecule has 3 rings (SSSR count). The van der Waals surface area contributed by atoms with E-state index in [-0.39, 0.29) is 16.9 Å². The Kier molecular flexibility index (Phi) is 4.92. The predicted octanol–water partition coefficient (Wildman–Crippen LogP) is 5.29. The lowest BCUT2D eigenvalue weighted by atomic mass is 9.79. The Bertz CT molecular complexity index is 768. The van der Waals surface area contributed by atoms with Crippen molar-refractivity contribution in [3.05, 3.63) is 64.2 Å². The molecule has 2 N–H and O–H groups in total. The van der Waals surface area contributed by atoms with Crippen LogP contribution >= 0.6 is 0 Å². The first-order valence-corrected chi connectivity index (χ1v) is 9.71. The van der Waals surface area contributed by atoms with Gasteiger partial charge in [0.05, 0.1) is 0 Å². The second-order valence-corrected chi connectivity index (χ2v) is 9.63. The van der Waals surface area contributed by atoms with E-state index in [1.807, 2.05) is 0 Å². The van der Waals surface area contributed by atoms with Crippen molar-refractivity contribution >= 4 is 0 Å². The fourth-order valence-corrected chi connectivity index (χ4v) is 3.74. The van der Waals surface area contributed by atoms with Crippen molar-refractivity contribution in [3.63, 3.8) is 0 Å². The average molecular weight is 352 g/mol. The van der Waals surface area contributed by atoms with Crippen LogP contribution in [-0.2, 0) is 30.2 Å². The van der Waals surface area contributed by atoms with Gasteiger partial charge in [-0.15, -0.1) is 0 Å². The van der Waals surface area contributed by atoms with Crippen molar-refractivity contribution in [1.29, 1.82) is 0 Å². The molecular weight excluding hydrogens is 318 g/mol. The smallest absolute Gasteiger partial charge is 0.127 e. The van der Waals surface area contributed by atoms with Gasteiger partial charge < -0.3 is 10.5 Å². The zero-order chi connectivity index (χ0) is 19.1. The molecule has 0 aliphatic heterocycles. The van der Waals surface area contributed by atoms with Gasteiger partial charge in [-0.05, 0) is 27.5 Å². The summed E-state index contributed by atoms with van der Waals surface area (Å²) in [6, 6.07) is 13.2. The van der Waals surface area contributed by atoms with Gasteiger partial charge in [-0.1, -0.05) is 77.9 Å². The molecule has 0 unspecified atom stereocenters. The van der Waals surface area contributed by atoms with E-state index in [1.54, 1.807) is 0 Å². The van der Waals surface area contributed by atoms with Crippen LogP contribution in [0.4, 0.5) is 0 Å². The summed E-state index contributed by atoms with van der Waals surface area (Å²) < 4.78 is 6.63. The van der Waals surface area contributed by atoms with Crippen LogP contribution in [0.5, 0.6) is 5.75 Å². The third-order valence-electron chi connectivity index (χ3n) is 5.36. The summed E-state index contributed by atoms with van der Waals surface area (Å²) in [6.45, 7) is 14.0. The first-order chi connectivity index (χ1) is 12.1. The van der Waals surface area contributed by atoms with Gasteiger partial charge in [-0.3, -0.25) is 0 Å². The molecule has 0 atom stereocenters. The summed E-state index contributed by atoms with van der Waals surface area (Å²) in [5.74, 6) is 1.01. The van der Waals surface area contributed by atoms with Crippen molar-refractivity contribution in [2.75, 3.05) is 0 Å². The minimum absolute atomic E-state index is 0.00592. The Balaban J connectivity index is 2.01. The van der Waals surface area contributed by atoms with Crippen LogP contribution in [-0.4, -0.2) is 6.10 Å². The molecule has 0 radical (unpaired) electrons. The molecule has 2 aromatic carbocycles. The van der Waals surface area contributed by atoms with E-state index in [4.69, 9.17) is 10.5 Å². The first-order valence-electron chi connectivity index (χ1n) is 9.71. The summed E-state index contributed by atoms with van der Waals surface area (Å²) in [5.41, 5.74) is 12.8. The topological polar surface area (TPSA) is 35.2 Å². The van der Waals surface area contributed by atoms with Crippen molar-refractivity contribution in [1.82, 2.24) is 0 Å². The van der Waals surface area contributed by atoms with Gasteiger partial charge >= 0.3 is 0 Å². The number of benzene rings is 2. The Hall–Kier alpha value is -1.80. The highest BCUT2D eigenvalue weighted by molar-refractivity contribution is 5.50. The van der Waals surface area contributed by atoms with Crippen molar-refractivity contribution in [2.45, 2.75) is 77.9 Å². The Morgan fingerprint density at radius 1 is 0.923 bits per heavy atom. The highest BCUT2D eigenvalue weighted by Gasteiger charge is 2.29. The van der Waals surface area contributed by atoms with E-state index in [2.05, 4.69) is 77.9 Å². The van der Waals surface area contributed by atoms with Crippen molar-refractivity contribution in [2.24, 2.45) is 5.73 Å². The summed E-state index contributed by atoms with van der Waals surface area (Å²) >= 11 is 0. The molecule has 2 nitrogen and oxygen atoms in total. The lowest BCUT2D eigenvalue weighted by Gasteiger charge is -2.30. The molecule has 0 spiro atoms. The van der Waals surface area contributed by atoms with E-state index >= 15 is 0 Å². The van der Waals surface area contributed by atoms with E-state index in [0.717, 1.165) is 24.2 Å². The van der Waals surface area contributed by atoms with Crippen LogP contribution in [0.2, 0.25) is 0 Å². The standard InChI is InChI=1S/C24H33NO/c1-23(2,3)19-11-18(15-25)22(21(14-19)24(4,5)6)26-20-12-16-9-7-8-10-17(16)13-20/h7-11,14,20H,12-13,15,25H2,1-6H3. The molecule has 0 heterocycles. The lowest BCUT2D eigenvalue weighted by Crippen LogP contribution is -2.24. The molecule has 2 heteroatoms. The average Bonchev–Trinajstić information content (AvgIpc) is 2.95. The second-order valence-electron chi connectivity index (χ2n) is 9.63. The fourth-order valence-electron chi connectivity index (χ4n) is 3.74. The summed E-state index contributed by atoms with van der Waals surface area (Å²) in [5, 5.41) is 0. The normalized spacial score (nSPS) is 15.2. The molecule has 26 heavy (non-hydrogen) atoms. The largest absolute Gasteiger partial charge is 0.489 e. The van der Waals surface area contributed by atoms with Crippen LogP contribution in [0.1, 0.15) is 69.4 Å². The minimum Gasteiger partial charge on any atom is -0.489 e. The van der Waals surface area contributed by atoms with Crippen molar-refractivity contribution in [3.8, 4) is 5.75 Å². The third kappa shape index (κ3) is 3.81. The zero-order valence-electron chi connectivity index (χ0n) is 17.1. The number of hydrogen-bond acceptors (Lipinski definition) is 2. The zero-order valence-corrected chi connectivity index (χ0v) is 17.1. The van der Waals surface area contributed by atoms with Crippen LogP contribution in [0.3, 0.4) is 0 Å². The second kappa shape index (κ2) is 6.74. The maximum absolute atomic E-state index is 6.63. The number of hydrogen-bond donors (Lipinski definition) is 1. The van der Waals surface area contributed by atoms with Crippen molar-refractivity contribution < 1.29 is 4.74 Å². The molecular formula is C24H33NO. The highest BCUT2D eigenvalue weighted by Crippen LogP contribution is 2.40. The number of nitrogens with two attached hydrogens (primary N) is 1. The molecule has 0 saturated carbocycles. The molecule has 1 aliphatic carbocycles. The van der Waals surface area contributed by atoms with Crippen LogP contribution < -0.4 is 10.5 Å². The number of ether oxygens (including phenoxy) is 1. The van der Waals surface area contributed by atoms with E-state index in [9.17, 15) is 0 Å². The summed E-state index contributed by atoms with van der Waals surface area (Å²) in [7, 11) is 0. The molecule has 0 bridgehead atoms. The van der Waals surface area contributed by atoms with Gasteiger partial charge in [-0.25, -0.2) is 0 Å². The molecule has 0 fully saturated rings. The van der Waals surface area contributed by atoms with Crippen LogP contribution in [0.25, 0.3) is 0 Å². The van der Waals surface area contributed by atoms with Crippen LogP contribution in [0, 0.1) is 0 Å². The Morgan fingerprint density at radius 3 is 1.96 bits per heavy atom. The SMILES string of the molecule is CC(C)(C)c1cc(CN)c(OC2Cc3ccccc3C2)c(C(C)(C)C)c1. The molecule has 1 aliphatic rings. The van der Waals surface area contributed by atoms with E-state index in [0.29, 0.717) is 6.54 Å². The minimum atomic E-state index is 0.00592. The first kappa shape index (κ1) is 19.0. The third-order valence-corrected chi connectivity index (χ3v) is 5.36. The quantitative estimate of drug-likeness (QED) is 0.816. The number of rotatable bonds is 3. The fraction of sp³-hybridized carbons (Fsp3) is 0.500. The monoisotopic (exact) mass is 351 g/mol. The number of fused-ring (bicyclic) bond motifs is 1. The van der Waals surface area contributed by atoms with Crippen LogP contribution in [0.15, 0.2) is 36.4 Å². The molecule has 0 saturated heterocycles. The van der Waals surface area contributed by atoms with E-state index < -0.39 is 0 Å². The summed E-state index contributed by atoms with van der Waals surface area (Å²) in [4.78, 5) is 0. The predicted molar refractivity (Wildman–Crippen MR) is 110 cm³/mol. The van der Waals surface area contributed by atoms with Gasteiger partial charge in [0.2, 0.25) is 0 Å². The maximum atomic E-state index is 6.63. The van der Waals surface area contributed by atoms with Gasteiger partial charge in [0.15, 0.2) is 0 Å².